The van der Waals surface area contributed by atoms with Crippen LogP contribution in [-0.4, -0.2) is 30.2 Å². The molecule has 118 valence electrons. The smallest absolute Gasteiger partial charge is 0.291 e. The molecule has 0 spiro atoms. The number of carbonyl (C=O) groups excluding carboxylic acids is 2. The van der Waals surface area contributed by atoms with Crippen molar-refractivity contribution in [3.8, 4) is 0 Å². The molecule has 1 aliphatic rings. The summed E-state index contributed by atoms with van der Waals surface area (Å²) in [6, 6.07) is 6.98. The van der Waals surface area contributed by atoms with E-state index in [0.29, 0.717) is 23.6 Å². The number of thioether (sulfide) groups is 1. The summed E-state index contributed by atoms with van der Waals surface area (Å²) in [6.07, 6.45) is 0.866. The summed E-state index contributed by atoms with van der Waals surface area (Å²) in [4.78, 5) is 24.1. The maximum Gasteiger partial charge on any atom is 0.291 e. The van der Waals surface area contributed by atoms with E-state index in [9.17, 15) is 9.59 Å². The van der Waals surface area contributed by atoms with Crippen LogP contribution in [0.1, 0.15) is 30.6 Å². The first-order valence-electron chi connectivity index (χ1n) is 7.27. The summed E-state index contributed by atoms with van der Waals surface area (Å²) >= 11 is 1.55. The lowest BCUT2D eigenvalue weighted by molar-refractivity contribution is -0.116. The van der Waals surface area contributed by atoms with Crippen LogP contribution >= 0.6 is 11.8 Å². The van der Waals surface area contributed by atoms with E-state index in [1.165, 1.54) is 0 Å². The Morgan fingerprint density at radius 1 is 1.36 bits per heavy atom. The molecular weight excluding hydrogens is 300 g/mol. The maximum absolute atomic E-state index is 12.1. The minimum Gasteiger partial charge on any atom is -0.487 e. The van der Waals surface area contributed by atoms with Gasteiger partial charge in [0.25, 0.3) is 11.8 Å². The molecule has 0 aliphatic carbocycles. The first-order valence-corrected chi connectivity index (χ1v) is 8.32. The predicted molar refractivity (Wildman–Crippen MR) is 88.8 cm³/mol. The number of rotatable bonds is 5. The van der Waals surface area contributed by atoms with E-state index in [4.69, 9.17) is 4.74 Å². The first kappa shape index (κ1) is 16.4. The molecule has 0 aromatic heterocycles. The van der Waals surface area contributed by atoms with Gasteiger partial charge in [0.2, 0.25) is 0 Å². The van der Waals surface area contributed by atoms with Crippen LogP contribution in [0.25, 0.3) is 0 Å². The van der Waals surface area contributed by atoms with E-state index < -0.39 is 0 Å². The molecule has 6 heteroatoms. The SMILES string of the molecule is CCC(C)NC(=O)c1cccc(NC(=O)C2=CSCCO2)c1. The molecule has 5 nitrogen and oxygen atoms in total. The second-order valence-electron chi connectivity index (χ2n) is 5.02. The zero-order valence-corrected chi connectivity index (χ0v) is 13.5. The summed E-state index contributed by atoms with van der Waals surface area (Å²) < 4.78 is 5.31. The lowest BCUT2D eigenvalue weighted by atomic mass is 10.1. The Kier molecular flexibility index (Phi) is 5.89. The third kappa shape index (κ3) is 4.53. The molecule has 1 aromatic rings. The van der Waals surface area contributed by atoms with Crippen molar-refractivity contribution < 1.29 is 14.3 Å². The lowest BCUT2D eigenvalue weighted by Crippen LogP contribution is -2.31. The predicted octanol–water partition coefficient (Wildman–Crippen LogP) is 2.76. The van der Waals surface area contributed by atoms with Crippen molar-refractivity contribution in [3.05, 3.63) is 41.0 Å². The Hall–Kier alpha value is -1.95. The van der Waals surface area contributed by atoms with Crippen molar-refractivity contribution in [1.29, 1.82) is 0 Å². The number of nitrogens with one attached hydrogen (secondary N) is 2. The highest BCUT2D eigenvalue weighted by Gasteiger charge is 2.15. The molecule has 2 N–H and O–H groups in total. The van der Waals surface area contributed by atoms with Gasteiger partial charge < -0.3 is 15.4 Å². The number of ether oxygens (including phenoxy) is 1. The molecule has 1 heterocycles. The van der Waals surface area contributed by atoms with Gasteiger partial charge in [0.1, 0.15) is 0 Å². The molecule has 1 aliphatic heterocycles. The fourth-order valence-corrected chi connectivity index (χ4v) is 2.45. The normalized spacial score (nSPS) is 15.3. The second kappa shape index (κ2) is 7.89. The highest BCUT2D eigenvalue weighted by atomic mass is 32.2. The van der Waals surface area contributed by atoms with Crippen LogP contribution in [-0.2, 0) is 9.53 Å². The average Bonchev–Trinajstić information content (AvgIpc) is 2.55. The van der Waals surface area contributed by atoms with Gasteiger partial charge in [-0.25, -0.2) is 0 Å². The number of benzene rings is 1. The molecule has 2 amide bonds. The summed E-state index contributed by atoms with van der Waals surface area (Å²) in [6.45, 7) is 4.49. The third-order valence-corrected chi connectivity index (χ3v) is 4.03. The van der Waals surface area contributed by atoms with Crippen LogP contribution in [0.5, 0.6) is 0 Å². The average molecular weight is 320 g/mol. The summed E-state index contributed by atoms with van der Waals surface area (Å²) in [5, 5.41) is 7.35. The van der Waals surface area contributed by atoms with Gasteiger partial charge in [-0.15, -0.1) is 11.8 Å². The van der Waals surface area contributed by atoms with Crippen molar-refractivity contribution in [1.82, 2.24) is 5.32 Å². The summed E-state index contributed by atoms with van der Waals surface area (Å²) in [5.74, 6) is 0.716. The van der Waals surface area contributed by atoms with Gasteiger partial charge in [-0.1, -0.05) is 13.0 Å². The van der Waals surface area contributed by atoms with Gasteiger partial charge in [0.05, 0.1) is 6.61 Å². The molecule has 0 bridgehead atoms. The van der Waals surface area contributed by atoms with Gasteiger partial charge >= 0.3 is 0 Å². The second-order valence-corrected chi connectivity index (χ2v) is 6.00. The highest BCUT2D eigenvalue weighted by Crippen LogP contribution is 2.18. The molecule has 2 rings (SSSR count). The lowest BCUT2D eigenvalue weighted by Gasteiger charge is -2.15. The van der Waals surface area contributed by atoms with Crippen molar-refractivity contribution in [2.24, 2.45) is 0 Å². The number of anilines is 1. The Labute approximate surface area is 134 Å². The van der Waals surface area contributed by atoms with E-state index in [1.807, 2.05) is 13.8 Å². The van der Waals surface area contributed by atoms with Crippen LogP contribution in [0, 0.1) is 0 Å². The van der Waals surface area contributed by atoms with Crippen LogP contribution in [0.3, 0.4) is 0 Å². The Balaban J connectivity index is 2.03. The van der Waals surface area contributed by atoms with Crippen molar-refractivity contribution >= 4 is 29.3 Å². The minimum absolute atomic E-state index is 0.114. The quantitative estimate of drug-likeness (QED) is 0.875. The standard InChI is InChI=1S/C16H20N2O3S/c1-3-11(2)17-15(19)12-5-4-6-13(9-12)18-16(20)14-10-22-8-7-21-14/h4-6,9-11H,3,7-8H2,1-2H3,(H,17,19)(H,18,20). The molecule has 22 heavy (non-hydrogen) atoms. The molecule has 0 saturated heterocycles. The van der Waals surface area contributed by atoms with Gasteiger partial charge in [0, 0.05) is 28.5 Å². The third-order valence-electron chi connectivity index (χ3n) is 3.25. The first-order chi connectivity index (χ1) is 10.6. The van der Waals surface area contributed by atoms with Crippen molar-refractivity contribution in [2.45, 2.75) is 26.3 Å². The molecule has 1 aromatic carbocycles. The summed E-state index contributed by atoms with van der Waals surface area (Å²) in [5.41, 5.74) is 1.09. The van der Waals surface area contributed by atoms with Crippen LogP contribution in [0.2, 0.25) is 0 Å². The van der Waals surface area contributed by atoms with E-state index in [1.54, 1.807) is 41.4 Å². The van der Waals surface area contributed by atoms with E-state index in [-0.39, 0.29) is 17.9 Å². The van der Waals surface area contributed by atoms with Gasteiger partial charge in [-0.05, 0) is 31.5 Å². The zero-order chi connectivity index (χ0) is 15.9. The van der Waals surface area contributed by atoms with Crippen molar-refractivity contribution in [2.75, 3.05) is 17.7 Å². The fraction of sp³-hybridized carbons (Fsp3) is 0.375. The van der Waals surface area contributed by atoms with Gasteiger partial charge in [0.15, 0.2) is 5.76 Å². The molecule has 1 unspecified atom stereocenters. The van der Waals surface area contributed by atoms with Crippen molar-refractivity contribution in [3.63, 3.8) is 0 Å². The topological polar surface area (TPSA) is 67.4 Å². The van der Waals surface area contributed by atoms with E-state index >= 15 is 0 Å². The van der Waals surface area contributed by atoms with E-state index in [0.717, 1.165) is 12.2 Å². The van der Waals surface area contributed by atoms with Crippen LogP contribution < -0.4 is 10.6 Å². The minimum atomic E-state index is -0.299. The Morgan fingerprint density at radius 3 is 2.86 bits per heavy atom. The number of carbonyl (C=O) groups is 2. The van der Waals surface area contributed by atoms with Crippen LogP contribution in [0.4, 0.5) is 5.69 Å². The number of hydrogen-bond donors (Lipinski definition) is 2. The van der Waals surface area contributed by atoms with E-state index in [2.05, 4.69) is 10.6 Å². The monoisotopic (exact) mass is 320 g/mol. The van der Waals surface area contributed by atoms with Gasteiger partial charge in [-0.2, -0.15) is 0 Å². The molecule has 0 radical (unpaired) electrons. The number of amides is 2. The zero-order valence-electron chi connectivity index (χ0n) is 12.7. The fourth-order valence-electron chi connectivity index (χ4n) is 1.83. The maximum atomic E-state index is 12.1. The van der Waals surface area contributed by atoms with Crippen LogP contribution in [0.15, 0.2) is 35.4 Å². The molecule has 1 atom stereocenters. The molecule has 0 fully saturated rings. The number of hydrogen-bond acceptors (Lipinski definition) is 4. The summed E-state index contributed by atoms with van der Waals surface area (Å²) in [7, 11) is 0. The van der Waals surface area contributed by atoms with Gasteiger partial charge in [-0.3, -0.25) is 9.59 Å². The molecule has 0 saturated carbocycles. The Bertz CT molecular complexity index is 587. The largest absolute Gasteiger partial charge is 0.487 e. The highest BCUT2D eigenvalue weighted by molar-refractivity contribution is 8.02. The Morgan fingerprint density at radius 2 is 2.18 bits per heavy atom. The molecular formula is C16H20N2O3S.